The van der Waals surface area contributed by atoms with Crippen LogP contribution in [0.2, 0.25) is 0 Å². The second kappa shape index (κ2) is 4.70. The quantitative estimate of drug-likeness (QED) is 0.899. The van der Waals surface area contributed by atoms with Crippen LogP contribution in [0.3, 0.4) is 0 Å². The lowest BCUT2D eigenvalue weighted by molar-refractivity contribution is 0.163. The van der Waals surface area contributed by atoms with E-state index in [1.807, 2.05) is 38.1 Å². The van der Waals surface area contributed by atoms with Gasteiger partial charge in [0.15, 0.2) is 0 Å². The molecule has 4 heteroatoms. The van der Waals surface area contributed by atoms with E-state index in [1.54, 1.807) is 0 Å². The molecule has 0 amide bonds. The minimum atomic E-state index is -0.361. The number of para-hydroxylation sites is 1. The molecule has 0 radical (unpaired) electrons. The number of benzene rings is 1. The Hall–Kier alpha value is -1.81. The number of aryl methyl sites for hydroxylation is 2. The Balaban J connectivity index is 1.88. The first-order chi connectivity index (χ1) is 9.15. The zero-order valence-electron chi connectivity index (χ0n) is 11.3. The summed E-state index contributed by atoms with van der Waals surface area (Å²) in [5, 5.41) is 10.0. The standard InChI is InChI=1S/C15H18N2O2/c1-10-11(2)19-15(16-10)9-17-8-7-14(18)12-5-3-4-6-13(12)17/h3-6,14,18H,7-9H2,1-2H3. The molecule has 1 atom stereocenters. The Labute approximate surface area is 112 Å². The van der Waals surface area contributed by atoms with Crippen molar-refractivity contribution in [3.05, 3.63) is 47.2 Å². The first-order valence-electron chi connectivity index (χ1n) is 6.60. The molecule has 0 bridgehead atoms. The van der Waals surface area contributed by atoms with E-state index in [0.29, 0.717) is 6.54 Å². The topological polar surface area (TPSA) is 49.5 Å². The van der Waals surface area contributed by atoms with E-state index >= 15 is 0 Å². The molecule has 2 aromatic rings. The zero-order valence-corrected chi connectivity index (χ0v) is 11.3. The first-order valence-corrected chi connectivity index (χ1v) is 6.60. The molecule has 0 saturated carbocycles. The van der Waals surface area contributed by atoms with Gasteiger partial charge in [-0.25, -0.2) is 4.98 Å². The highest BCUT2D eigenvalue weighted by Crippen LogP contribution is 2.34. The van der Waals surface area contributed by atoms with Crippen molar-refractivity contribution in [1.82, 2.24) is 4.98 Å². The summed E-state index contributed by atoms with van der Waals surface area (Å²) in [5.74, 6) is 1.61. The van der Waals surface area contributed by atoms with E-state index in [1.165, 1.54) is 0 Å². The number of rotatable bonds is 2. The summed E-state index contributed by atoms with van der Waals surface area (Å²) in [6, 6.07) is 7.99. The van der Waals surface area contributed by atoms with Crippen LogP contribution in [0.1, 0.15) is 35.4 Å². The van der Waals surface area contributed by atoms with E-state index in [0.717, 1.165) is 41.6 Å². The van der Waals surface area contributed by atoms with Gasteiger partial charge in [0.25, 0.3) is 0 Å². The van der Waals surface area contributed by atoms with Crippen LogP contribution in [0.15, 0.2) is 28.7 Å². The molecule has 1 aliphatic heterocycles. The number of aliphatic hydroxyl groups is 1. The van der Waals surface area contributed by atoms with Crippen LogP contribution in [0.4, 0.5) is 5.69 Å². The van der Waals surface area contributed by atoms with Gasteiger partial charge >= 0.3 is 0 Å². The number of aromatic nitrogens is 1. The minimum Gasteiger partial charge on any atom is -0.444 e. The molecule has 0 saturated heterocycles. The van der Waals surface area contributed by atoms with Gasteiger partial charge < -0.3 is 14.4 Å². The molecule has 1 unspecified atom stereocenters. The van der Waals surface area contributed by atoms with Gasteiger partial charge in [0.05, 0.1) is 18.3 Å². The fourth-order valence-corrected chi connectivity index (χ4v) is 2.55. The molecule has 0 spiro atoms. The van der Waals surface area contributed by atoms with Crippen molar-refractivity contribution in [3.63, 3.8) is 0 Å². The molecule has 2 heterocycles. The first kappa shape index (κ1) is 12.2. The average molecular weight is 258 g/mol. The molecular formula is C15H18N2O2. The highest BCUT2D eigenvalue weighted by molar-refractivity contribution is 5.56. The Morgan fingerprint density at radius 2 is 2.16 bits per heavy atom. The van der Waals surface area contributed by atoms with Crippen molar-refractivity contribution in [2.75, 3.05) is 11.4 Å². The highest BCUT2D eigenvalue weighted by atomic mass is 16.4. The van der Waals surface area contributed by atoms with Gasteiger partial charge in [0.1, 0.15) is 5.76 Å². The Morgan fingerprint density at radius 3 is 2.89 bits per heavy atom. The molecule has 19 heavy (non-hydrogen) atoms. The molecule has 100 valence electrons. The van der Waals surface area contributed by atoms with Gasteiger partial charge in [-0.05, 0) is 26.3 Å². The summed E-state index contributed by atoms with van der Waals surface area (Å²) < 4.78 is 5.64. The summed E-state index contributed by atoms with van der Waals surface area (Å²) in [4.78, 5) is 6.64. The van der Waals surface area contributed by atoms with Crippen molar-refractivity contribution in [1.29, 1.82) is 0 Å². The summed E-state index contributed by atoms with van der Waals surface area (Å²) in [6.45, 7) is 5.35. The van der Waals surface area contributed by atoms with Crippen molar-refractivity contribution in [2.24, 2.45) is 0 Å². The van der Waals surface area contributed by atoms with Crippen LogP contribution < -0.4 is 4.90 Å². The van der Waals surface area contributed by atoms with Crippen LogP contribution in [0.5, 0.6) is 0 Å². The van der Waals surface area contributed by atoms with Gasteiger partial charge in [-0.1, -0.05) is 18.2 Å². The van der Waals surface area contributed by atoms with Gasteiger partial charge in [0, 0.05) is 17.8 Å². The van der Waals surface area contributed by atoms with Gasteiger partial charge in [-0.3, -0.25) is 0 Å². The maximum absolute atomic E-state index is 10.0. The maximum Gasteiger partial charge on any atom is 0.214 e. The summed E-state index contributed by atoms with van der Waals surface area (Å²) in [6.07, 6.45) is 0.385. The third-order valence-electron chi connectivity index (χ3n) is 3.71. The average Bonchev–Trinajstić information content (AvgIpc) is 2.72. The molecule has 1 aromatic carbocycles. The maximum atomic E-state index is 10.0. The number of hydrogen-bond donors (Lipinski definition) is 1. The second-order valence-corrected chi connectivity index (χ2v) is 5.03. The summed E-state index contributed by atoms with van der Waals surface area (Å²) in [5.41, 5.74) is 3.02. The largest absolute Gasteiger partial charge is 0.444 e. The minimum absolute atomic E-state index is 0.361. The monoisotopic (exact) mass is 258 g/mol. The summed E-state index contributed by atoms with van der Waals surface area (Å²) in [7, 11) is 0. The van der Waals surface area contributed by atoms with Gasteiger partial charge in [-0.2, -0.15) is 0 Å². The molecular weight excluding hydrogens is 240 g/mol. The molecule has 1 aromatic heterocycles. The number of oxazole rings is 1. The van der Waals surface area contributed by atoms with Crippen LogP contribution in [-0.2, 0) is 6.54 Å². The second-order valence-electron chi connectivity index (χ2n) is 5.03. The van der Waals surface area contributed by atoms with Crippen LogP contribution in [-0.4, -0.2) is 16.6 Å². The Kier molecular flexibility index (Phi) is 3.03. The molecule has 0 aliphatic carbocycles. The van der Waals surface area contributed by atoms with Crippen LogP contribution >= 0.6 is 0 Å². The third kappa shape index (κ3) is 2.24. The fraction of sp³-hybridized carbons (Fsp3) is 0.400. The molecule has 1 N–H and O–H groups in total. The van der Waals surface area contributed by atoms with Crippen molar-refractivity contribution >= 4 is 5.69 Å². The summed E-state index contributed by atoms with van der Waals surface area (Å²) >= 11 is 0. The van der Waals surface area contributed by atoms with Crippen molar-refractivity contribution in [3.8, 4) is 0 Å². The lowest BCUT2D eigenvalue weighted by Crippen LogP contribution is -2.30. The van der Waals surface area contributed by atoms with E-state index < -0.39 is 0 Å². The fourth-order valence-electron chi connectivity index (χ4n) is 2.55. The normalized spacial score (nSPS) is 18.5. The molecule has 3 rings (SSSR count). The molecule has 1 aliphatic rings. The lowest BCUT2D eigenvalue weighted by Gasteiger charge is -2.32. The number of anilines is 1. The third-order valence-corrected chi connectivity index (χ3v) is 3.71. The molecule has 0 fully saturated rings. The van der Waals surface area contributed by atoms with Gasteiger partial charge in [-0.15, -0.1) is 0 Å². The number of fused-ring (bicyclic) bond motifs is 1. The predicted octanol–water partition coefficient (Wildman–Crippen LogP) is 2.74. The van der Waals surface area contributed by atoms with E-state index in [2.05, 4.69) is 9.88 Å². The molecule has 4 nitrogen and oxygen atoms in total. The highest BCUT2D eigenvalue weighted by Gasteiger charge is 2.24. The Bertz CT molecular complexity index is 572. The zero-order chi connectivity index (χ0) is 13.4. The SMILES string of the molecule is Cc1nc(CN2CCC(O)c3ccccc32)oc1C. The lowest BCUT2D eigenvalue weighted by atomic mass is 9.99. The smallest absolute Gasteiger partial charge is 0.214 e. The van der Waals surface area contributed by atoms with Crippen molar-refractivity contribution < 1.29 is 9.52 Å². The number of hydrogen-bond acceptors (Lipinski definition) is 4. The van der Waals surface area contributed by atoms with Gasteiger partial charge in [0.2, 0.25) is 5.89 Å². The number of nitrogens with zero attached hydrogens (tertiary/aromatic N) is 2. The number of aliphatic hydroxyl groups excluding tert-OH is 1. The van der Waals surface area contributed by atoms with E-state index in [4.69, 9.17) is 4.42 Å². The van der Waals surface area contributed by atoms with Crippen LogP contribution in [0, 0.1) is 13.8 Å². The van der Waals surface area contributed by atoms with E-state index in [-0.39, 0.29) is 6.10 Å². The van der Waals surface area contributed by atoms with Crippen molar-refractivity contribution in [2.45, 2.75) is 32.9 Å². The predicted molar refractivity (Wildman–Crippen MR) is 73.0 cm³/mol. The van der Waals surface area contributed by atoms with E-state index in [9.17, 15) is 5.11 Å². The van der Waals surface area contributed by atoms with Crippen LogP contribution in [0.25, 0.3) is 0 Å². The Morgan fingerprint density at radius 1 is 1.37 bits per heavy atom.